The first-order chi connectivity index (χ1) is 18.1. The Hall–Kier alpha value is -4.24. The zero-order valence-corrected chi connectivity index (χ0v) is 21.0. The molecule has 0 radical (unpaired) electrons. The second-order valence-electron chi connectivity index (χ2n) is 8.87. The van der Waals surface area contributed by atoms with Crippen molar-refractivity contribution in [1.29, 1.82) is 0 Å². The number of ether oxygens (including phenoxy) is 2. The van der Waals surface area contributed by atoms with Crippen LogP contribution in [0.1, 0.15) is 25.3 Å². The van der Waals surface area contributed by atoms with E-state index in [1.165, 1.54) is 0 Å². The van der Waals surface area contributed by atoms with E-state index in [-0.39, 0.29) is 0 Å². The van der Waals surface area contributed by atoms with Crippen molar-refractivity contribution in [3.05, 3.63) is 66.5 Å². The predicted molar refractivity (Wildman–Crippen MR) is 144 cm³/mol. The van der Waals surface area contributed by atoms with Gasteiger partial charge in [0.1, 0.15) is 5.75 Å². The number of rotatable bonds is 7. The number of hydrogen-bond acceptors (Lipinski definition) is 8. The highest BCUT2D eigenvalue weighted by molar-refractivity contribution is 6.03. The molecule has 0 spiro atoms. The molecule has 3 heterocycles. The number of anilines is 2. The van der Waals surface area contributed by atoms with E-state index in [1.807, 2.05) is 55.5 Å². The summed E-state index contributed by atoms with van der Waals surface area (Å²) in [5.74, 6) is 1.67. The molecule has 190 valence electrons. The molecular weight excluding hydrogens is 468 g/mol. The van der Waals surface area contributed by atoms with Gasteiger partial charge >= 0.3 is 6.09 Å². The number of amides is 1. The minimum atomic E-state index is -0.498. The minimum Gasteiger partial charge on any atom is -0.450 e. The van der Waals surface area contributed by atoms with Gasteiger partial charge in [0.05, 0.1) is 23.6 Å². The van der Waals surface area contributed by atoms with E-state index in [0.29, 0.717) is 41.6 Å². The molecule has 0 aliphatic carbocycles. The standard InChI is InChI=1S/C28H30N6O3/c1-3-36-28(35)34-23-10-4-8-21-20(23)12-11-18(2)25(21)37-26-22(9-6-15-30-26)24-13-16-31-27(33-24)32-19-7-5-14-29-17-19/h4,6,8-13,15-16,19,29H,3,5,7,14,17H2,1-2H3,(H,34,35)(H,31,32,33)/t19-/m0/s1. The molecule has 0 unspecified atom stereocenters. The SMILES string of the molecule is CCOC(=O)Nc1cccc2c(Oc3ncccc3-c3ccnc(N[C@H]4CCCNC4)n3)c(C)ccc12. The number of carbonyl (C=O) groups is 1. The van der Waals surface area contributed by atoms with E-state index in [0.717, 1.165) is 47.8 Å². The average molecular weight is 499 g/mol. The van der Waals surface area contributed by atoms with Crippen LogP contribution >= 0.6 is 0 Å². The summed E-state index contributed by atoms with van der Waals surface area (Å²) in [6.07, 6.45) is 5.14. The van der Waals surface area contributed by atoms with Gasteiger partial charge in [0, 0.05) is 35.8 Å². The molecule has 1 atom stereocenters. The van der Waals surface area contributed by atoms with Gasteiger partial charge in [-0.15, -0.1) is 0 Å². The van der Waals surface area contributed by atoms with Crippen LogP contribution in [0.25, 0.3) is 22.0 Å². The zero-order chi connectivity index (χ0) is 25.6. The number of carbonyl (C=O) groups excluding carboxylic acids is 1. The Kier molecular flexibility index (Phi) is 7.41. The summed E-state index contributed by atoms with van der Waals surface area (Å²) in [6.45, 7) is 5.98. The van der Waals surface area contributed by atoms with Gasteiger partial charge in [0.25, 0.3) is 0 Å². The summed E-state index contributed by atoms with van der Waals surface area (Å²) < 4.78 is 11.5. The van der Waals surface area contributed by atoms with Gasteiger partial charge in [-0.3, -0.25) is 5.32 Å². The van der Waals surface area contributed by atoms with Crippen molar-refractivity contribution >= 4 is 28.5 Å². The van der Waals surface area contributed by atoms with E-state index in [2.05, 4.69) is 25.9 Å². The maximum atomic E-state index is 12.1. The first kappa shape index (κ1) is 24.5. The van der Waals surface area contributed by atoms with E-state index in [1.54, 1.807) is 19.3 Å². The van der Waals surface area contributed by atoms with Crippen molar-refractivity contribution in [2.45, 2.75) is 32.7 Å². The van der Waals surface area contributed by atoms with Gasteiger partial charge in [-0.05, 0) is 63.1 Å². The molecule has 0 saturated carbocycles. The topological polar surface area (TPSA) is 110 Å². The third kappa shape index (κ3) is 5.62. The Balaban J connectivity index is 1.47. The highest BCUT2D eigenvalue weighted by Gasteiger charge is 2.17. The van der Waals surface area contributed by atoms with Crippen LogP contribution in [-0.2, 0) is 4.74 Å². The third-order valence-electron chi connectivity index (χ3n) is 6.25. The third-order valence-corrected chi connectivity index (χ3v) is 6.25. The fourth-order valence-corrected chi connectivity index (χ4v) is 4.46. The van der Waals surface area contributed by atoms with Crippen LogP contribution in [0, 0.1) is 6.92 Å². The number of benzene rings is 2. The fraction of sp³-hybridized carbons (Fsp3) is 0.286. The van der Waals surface area contributed by atoms with Crippen molar-refractivity contribution in [1.82, 2.24) is 20.3 Å². The maximum absolute atomic E-state index is 12.1. The lowest BCUT2D eigenvalue weighted by Crippen LogP contribution is -2.38. The summed E-state index contributed by atoms with van der Waals surface area (Å²) >= 11 is 0. The van der Waals surface area contributed by atoms with Gasteiger partial charge in [-0.25, -0.2) is 19.7 Å². The van der Waals surface area contributed by atoms with Gasteiger partial charge in [-0.1, -0.05) is 24.3 Å². The second-order valence-corrected chi connectivity index (χ2v) is 8.87. The second kappa shape index (κ2) is 11.2. The van der Waals surface area contributed by atoms with Crippen LogP contribution in [0.2, 0.25) is 0 Å². The smallest absolute Gasteiger partial charge is 0.411 e. The average Bonchev–Trinajstić information content (AvgIpc) is 2.91. The molecule has 1 aliphatic heterocycles. The summed E-state index contributed by atoms with van der Waals surface area (Å²) in [5, 5.41) is 11.3. The van der Waals surface area contributed by atoms with E-state index >= 15 is 0 Å². The zero-order valence-electron chi connectivity index (χ0n) is 21.0. The molecule has 1 saturated heterocycles. The van der Waals surface area contributed by atoms with Crippen molar-refractivity contribution in [2.24, 2.45) is 0 Å². The first-order valence-electron chi connectivity index (χ1n) is 12.5. The Morgan fingerprint density at radius 3 is 2.84 bits per heavy atom. The first-order valence-corrected chi connectivity index (χ1v) is 12.5. The monoisotopic (exact) mass is 498 g/mol. The lowest BCUT2D eigenvalue weighted by molar-refractivity contribution is 0.168. The fourth-order valence-electron chi connectivity index (χ4n) is 4.46. The van der Waals surface area contributed by atoms with Crippen molar-refractivity contribution < 1.29 is 14.3 Å². The van der Waals surface area contributed by atoms with Crippen LogP contribution < -0.4 is 20.7 Å². The highest BCUT2D eigenvalue weighted by atomic mass is 16.5. The lowest BCUT2D eigenvalue weighted by Gasteiger charge is -2.23. The largest absolute Gasteiger partial charge is 0.450 e. The lowest BCUT2D eigenvalue weighted by atomic mass is 10.0. The van der Waals surface area contributed by atoms with E-state index in [4.69, 9.17) is 14.5 Å². The Morgan fingerprint density at radius 1 is 1.08 bits per heavy atom. The van der Waals surface area contributed by atoms with Gasteiger partial charge < -0.3 is 20.1 Å². The molecule has 1 amide bonds. The number of piperidine rings is 1. The number of aromatic nitrogens is 3. The van der Waals surface area contributed by atoms with Crippen LogP contribution in [0.15, 0.2) is 60.9 Å². The predicted octanol–water partition coefficient (Wildman–Crippen LogP) is 5.52. The summed E-state index contributed by atoms with van der Waals surface area (Å²) in [6, 6.07) is 15.5. The van der Waals surface area contributed by atoms with Crippen LogP contribution in [-0.4, -0.2) is 46.8 Å². The molecule has 3 N–H and O–H groups in total. The van der Waals surface area contributed by atoms with Gasteiger partial charge in [0.2, 0.25) is 11.8 Å². The number of nitrogens with zero attached hydrogens (tertiary/aromatic N) is 3. The Labute approximate surface area is 215 Å². The molecule has 1 fully saturated rings. The minimum absolute atomic E-state index is 0.296. The maximum Gasteiger partial charge on any atom is 0.411 e. The van der Waals surface area contributed by atoms with Crippen LogP contribution in [0.4, 0.5) is 16.4 Å². The van der Waals surface area contributed by atoms with Gasteiger partial charge in [-0.2, -0.15) is 0 Å². The summed E-state index contributed by atoms with van der Waals surface area (Å²) in [5.41, 5.74) is 3.05. The number of pyridine rings is 1. The molecule has 9 nitrogen and oxygen atoms in total. The van der Waals surface area contributed by atoms with Crippen molar-refractivity contribution in [3.63, 3.8) is 0 Å². The summed E-state index contributed by atoms with van der Waals surface area (Å²) in [4.78, 5) is 25.8. The quantitative estimate of drug-likeness (QED) is 0.305. The molecule has 37 heavy (non-hydrogen) atoms. The highest BCUT2D eigenvalue weighted by Crippen LogP contribution is 2.38. The number of nitrogens with one attached hydrogen (secondary N) is 3. The molecule has 0 bridgehead atoms. The number of fused-ring (bicyclic) bond motifs is 1. The van der Waals surface area contributed by atoms with E-state index < -0.39 is 6.09 Å². The van der Waals surface area contributed by atoms with Crippen molar-refractivity contribution in [2.75, 3.05) is 30.3 Å². The molecular formula is C28H30N6O3. The molecule has 2 aromatic heterocycles. The molecule has 1 aliphatic rings. The van der Waals surface area contributed by atoms with Crippen molar-refractivity contribution in [3.8, 4) is 22.9 Å². The molecule has 5 rings (SSSR count). The Morgan fingerprint density at radius 2 is 2.00 bits per heavy atom. The molecule has 9 heteroatoms. The summed E-state index contributed by atoms with van der Waals surface area (Å²) in [7, 11) is 0. The number of aryl methyl sites for hydroxylation is 1. The number of hydrogen-bond donors (Lipinski definition) is 3. The van der Waals surface area contributed by atoms with Crippen LogP contribution in [0.3, 0.4) is 0 Å². The molecule has 2 aromatic carbocycles. The van der Waals surface area contributed by atoms with Crippen LogP contribution in [0.5, 0.6) is 11.6 Å². The molecule has 4 aromatic rings. The van der Waals surface area contributed by atoms with E-state index in [9.17, 15) is 4.79 Å². The van der Waals surface area contributed by atoms with Gasteiger partial charge in [0.15, 0.2) is 0 Å². The Bertz CT molecular complexity index is 1400. The normalized spacial score (nSPS) is 15.2.